The molecule has 0 radical (unpaired) electrons. The molecule has 20 heavy (non-hydrogen) atoms. The minimum atomic E-state index is -0.228. The summed E-state index contributed by atoms with van der Waals surface area (Å²) >= 11 is 1.43. The van der Waals surface area contributed by atoms with Crippen LogP contribution in [0, 0.1) is 6.92 Å². The van der Waals surface area contributed by atoms with Gasteiger partial charge in [0.05, 0.1) is 11.3 Å². The van der Waals surface area contributed by atoms with E-state index >= 15 is 0 Å². The van der Waals surface area contributed by atoms with E-state index in [9.17, 15) is 4.79 Å². The molecule has 0 aliphatic rings. The summed E-state index contributed by atoms with van der Waals surface area (Å²) in [5.41, 5.74) is 1.14. The van der Waals surface area contributed by atoms with Crippen molar-refractivity contribution in [2.75, 3.05) is 5.32 Å². The standard InChI is InChI=1S/C13H10N4O2S/c1-8-15-13(19-17-8)11-10(4-6-20-11)16-12(18)9-3-2-5-14-7-9/h2-7H,1H3,(H,16,18). The van der Waals surface area contributed by atoms with Crippen molar-refractivity contribution < 1.29 is 9.32 Å². The molecule has 6 nitrogen and oxygen atoms in total. The molecule has 3 heterocycles. The number of anilines is 1. The highest BCUT2D eigenvalue weighted by Gasteiger charge is 2.16. The SMILES string of the molecule is Cc1noc(-c2sccc2NC(=O)c2cccnc2)n1. The van der Waals surface area contributed by atoms with E-state index in [1.54, 1.807) is 31.3 Å². The number of carbonyl (C=O) groups excluding carboxylic acids is 1. The molecule has 1 amide bonds. The Morgan fingerprint density at radius 3 is 3.00 bits per heavy atom. The number of hydrogen-bond donors (Lipinski definition) is 1. The van der Waals surface area contributed by atoms with E-state index in [-0.39, 0.29) is 5.91 Å². The second-order valence-electron chi connectivity index (χ2n) is 4.01. The summed E-state index contributed by atoms with van der Waals surface area (Å²) in [6.45, 7) is 1.74. The minimum absolute atomic E-state index is 0.228. The van der Waals surface area contributed by atoms with Crippen LogP contribution < -0.4 is 5.32 Å². The first kappa shape index (κ1) is 12.5. The number of rotatable bonds is 3. The summed E-state index contributed by atoms with van der Waals surface area (Å²) in [7, 11) is 0. The Hall–Kier alpha value is -2.54. The lowest BCUT2D eigenvalue weighted by molar-refractivity contribution is 0.102. The number of thiophene rings is 1. The zero-order valence-corrected chi connectivity index (χ0v) is 11.3. The second-order valence-corrected chi connectivity index (χ2v) is 4.92. The second kappa shape index (κ2) is 5.22. The smallest absolute Gasteiger partial charge is 0.270 e. The molecular weight excluding hydrogens is 276 g/mol. The van der Waals surface area contributed by atoms with Crippen LogP contribution >= 0.6 is 11.3 Å². The topological polar surface area (TPSA) is 80.9 Å². The van der Waals surface area contributed by atoms with Gasteiger partial charge in [0, 0.05) is 12.4 Å². The summed E-state index contributed by atoms with van der Waals surface area (Å²) in [6.07, 6.45) is 3.13. The van der Waals surface area contributed by atoms with Crippen molar-refractivity contribution in [2.24, 2.45) is 0 Å². The fourth-order valence-corrected chi connectivity index (χ4v) is 2.42. The molecule has 0 spiro atoms. The first-order valence-electron chi connectivity index (χ1n) is 5.83. The van der Waals surface area contributed by atoms with E-state index in [0.717, 1.165) is 4.88 Å². The lowest BCUT2D eigenvalue weighted by atomic mass is 10.2. The van der Waals surface area contributed by atoms with Gasteiger partial charge in [-0.15, -0.1) is 11.3 Å². The van der Waals surface area contributed by atoms with Crippen LogP contribution in [0.25, 0.3) is 10.8 Å². The fourth-order valence-electron chi connectivity index (χ4n) is 1.65. The van der Waals surface area contributed by atoms with Gasteiger partial charge in [-0.1, -0.05) is 5.16 Å². The molecule has 0 unspecified atom stereocenters. The first-order chi connectivity index (χ1) is 9.74. The maximum Gasteiger partial charge on any atom is 0.270 e. The Labute approximate surface area is 118 Å². The molecule has 0 atom stereocenters. The summed E-state index contributed by atoms with van der Waals surface area (Å²) in [5, 5.41) is 8.42. The zero-order chi connectivity index (χ0) is 13.9. The quantitative estimate of drug-likeness (QED) is 0.800. The number of carbonyl (C=O) groups is 1. The number of nitrogens with one attached hydrogen (secondary N) is 1. The highest BCUT2D eigenvalue weighted by Crippen LogP contribution is 2.32. The summed E-state index contributed by atoms with van der Waals surface area (Å²) in [4.78, 5) is 20.9. The van der Waals surface area contributed by atoms with Crippen molar-refractivity contribution in [3.8, 4) is 10.8 Å². The normalized spacial score (nSPS) is 10.4. The average molecular weight is 286 g/mol. The van der Waals surface area contributed by atoms with Crippen LogP contribution in [0.4, 0.5) is 5.69 Å². The van der Waals surface area contributed by atoms with E-state index in [4.69, 9.17) is 4.52 Å². The summed E-state index contributed by atoms with van der Waals surface area (Å²) < 4.78 is 5.12. The van der Waals surface area contributed by atoms with E-state index in [1.165, 1.54) is 17.5 Å². The van der Waals surface area contributed by atoms with Crippen molar-refractivity contribution >= 4 is 22.9 Å². The molecule has 0 aliphatic carbocycles. The lowest BCUT2D eigenvalue weighted by Crippen LogP contribution is -2.11. The maximum absolute atomic E-state index is 12.1. The van der Waals surface area contributed by atoms with Crippen LogP contribution in [0.5, 0.6) is 0 Å². The van der Waals surface area contributed by atoms with Crippen molar-refractivity contribution in [1.29, 1.82) is 0 Å². The van der Waals surface area contributed by atoms with Gasteiger partial charge >= 0.3 is 0 Å². The number of hydrogen-bond acceptors (Lipinski definition) is 6. The number of aryl methyl sites for hydroxylation is 1. The molecule has 0 bridgehead atoms. The molecule has 0 saturated heterocycles. The lowest BCUT2D eigenvalue weighted by Gasteiger charge is -2.03. The summed E-state index contributed by atoms with van der Waals surface area (Å²) in [6, 6.07) is 5.21. The Kier molecular flexibility index (Phi) is 3.26. The number of amides is 1. The Morgan fingerprint density at radius 1 is 1.40 bits per heavy atom. The number of nitrogens with zero attached hydrogens (tertiary/aromatic N) is 3. The third-order valence-corrected chi connectivity index (χ3v) is 3.46. The van der Waals surface area contributed by atoms with Gasteiger partial charge in [-0.3, -0.25) is 9.78 Å². The largest absolute Gasteiger partial charge is 0.333 e. The van der Waals surface area contributed by atoms with E-state index < -0.39 is 0 Å². The van der Waals surface area contributed by atoms with Gasteiger partial charge in [0.15, 0.2) is 5.82 Å². The number of pyridine rings is 1. The van der Waals surface area contributed by atoms with Gasteiger partial charge in [-0.2, -0.15) is 4.98 Å². The molecule has 0 aliphatic heterocycles. The first-order valence-corrected chi connectivity index (χ1v) is 6.71. The van der Waals surface area contributed by atoms with Gasteiger partial charge in [-0.25, -0.2) is 0 Å². The van der Waals surface area contributed by atoms with Crippen LogP contribution in [-0.2, 0) is 0 Å². The molecule has 0 aromatic carbocycles. The molecule has 3 rings (SSSR count). The summed E-state index contributed by atoms with van der Waals surface area (Å²) in [5.74, 6) is 0.728. The highest BCUT2D eigenvalue weighted by molar-refractivity contribution is 7.14. The van der Waals surface area contributed by atoms with Gasteiger partial charge in [-0.05, 0) is 30.5 Å². The van der Waals surface area contributed by atoms with Crippen LogP contribution in [0.2, 0.25) is 0 Å². The van der Waals surface area contributed by atoms with E-state index in [2.05, 4.69) is 20.4 Å². The molecule has 3 aromatic heterocycles. The molecule has 0 fully saturated rings. The van der Waals surface area contributed by atoms with Crippen molar-refractivity contribution in [3.05, 3.63) is 47.4 Å². The molecular formula is C13H10N4O2S. The molecule has 1 N–H and O–H groups in total. The number of aromatic nitrogens is 3. The Balaban J connectivity index is 1.86. The predicted molar refractivity (Wildman–Crippen MR) is 74.5 cm³/mol. The van der Waals surface area contributed by atoms with Crippen LogP contribution in [0.15, 0.2) is 40.5 Å². The van der Waals surface area contributed by atoms with Gasteiger partial charge in [0.2, 0.25) is 0 Å². The van der Waals surface area contributed by atoms with Gasteiger partial charge in [0.25, 0.3) is 11.8 Å². The maximum atomic E-state index is 12.1. The predicted octanol–water partition coefficient (Wildman–Crippen LogP) is 2.75. The molecule has 3 aromatic rings. The molecule has 7 heteroatoms. The van der Waals surface area contributed by atoms with Gasteiger partial charge in [0.1, 0.15) is 4.88 Å². The third-order valence-electron chi connectivity index (χ3n) is 2.56. The van der Waals surface area contributed by atoms with Crippen molar-refractivity contribution in [2.45, 2.75) is 6.92 Å². The monoisotopic (exact) mass is 286 g/mol. The minimum Gasteiger partial charge on any atom is -0.333 e. The van der Waals surface area contributed by atoms with E-state index in [0.29, 0.717) is 23.0 Å². The third kappa shape index (κ3) is 2.43. The van der Waals surface area contributed by atoms with Gasteiger partial charge < -0.3 is 9.84 Å². The Bertz CT molecular complexity index is 736. The Morgan fingerprint density at radius 2 is 2.30 bits per heavy atom. The van der Waals surface area contributed by atoms with Crippen LogP contribution in [0.1, 0.15) is 16.2 Å². The fraction of sp³-hybridized carbons (Fsp3) is 0.0769. The van der Waals surface area contributed by atoms with E-state index in [1.807, 2.05) is 5.38 Å². The molecule has 100 valence electrons. The van der Waals surface area contributed by atoms with Crippen molar-refractivity contribution in [1.82, 2.24) is 15.1 Å². The zero-order valence-electron chi connectivity index (χ0n) is 10.5. The van der Waals surface area contributed by atoms with Crippen LogP contribution in [-0.4, -0.2) is 21.0 Å². The average Bonchev–Trinajstić information content (AvgIpc) is 3.08. The van der Waals surface area contributed by atoms with Crippen molar-refractivity contribution in [3.63, 3.8) is 0 Å². The highest BCUT2D eigenvalue weighted by atomic mass is 32.1. The molecule has 0 saturated carbocycles. The van der Waals surface area contributed by atoms with Crippen LogP contribution in [0.3, 0.4) is 0 Å².